The lowest BCUT2D eigenvalue weighted by Gasteiger charge is -2.18. The Morgan fingerprint density at radius 2 is 2.12 bits per heavy atom. The summed E-state index contributed by atoms with van der Waals surface area (Å²) >= 11 is 0. The molecule has 0 radical (unpaired) electrons. The second-order valence-corrected chi connectivity index (χ2v) is 6.98. The zero-order chi connectivity index (χ0) is 18.2. The average molecular weight is 367 g/mol. The molecule has 1 aromatic heterocycles. The minimum absolute atomic E-state index is 0.144. The van der Waals surface area contributed by atoms with Crippen molar-refractivity contribution in [1.82, 2.24) is 14.7 Å². The highest BCUT2D eigenvalue weighted by Crippen LogP contribution is 2.34. The number of aryl methyl sites for hydroxylation is 1. The summed E-state index contributed by atoms with van der Waals surface area (Å²) in [6.45, 7) is 1.34. The quantitative estimate of drug-likeness (QED) is 0.715. The van der Waals surface area contributed by atoms with Crippen LogP contribution in [-0.4, -0.2) is 35.9 Å². The topological polar surface area (TPSA) is 125 Å². The van der Waals surface area contributed by atoms with Crippen molar-refractivity contribution in [3.8, 4) is 5.75 Å². The number of benzene rings is 1. The number of anilines is 2. The number of nitrogens with zero attached hydrogens (tertiary/aromatic N) is 3. The van der Waals surface area contributed by atoms with Gasteiger partial charge in [-0.05, 0) is 24.6 Å². The molecule has 1 fully saturated rings. The van der Waals surface area contributed by atoms with Crippen molar-refractivity contribution < 1.29 is 22.7 Å². The number of carbonyl (C=O) groups is 1. The first-order valence-corrected chi connectivity index (χ1v) is 8.57. The number of nitrogens with one attached hydrogen (secondary N) is 2. The van der Waals surface area contributed by atoms with Crippen LogP contribution in [0.15, 0.2) is 24.5 Å². The summed E-state index contributed by atoms with van der Waals surface area (Å²) in [7, 11) is -4.21. The van der Waals surface area contributed by atoms with Gasteiger partial charge in [-0.3, -0.25) is 4.79 Å². The second-order valence-electron chi connectivity index (χ2n) is 5.38. The van der Waals surface area contributed by atoms with Gasteiger partial charge in [0.25, 0.3) is 5.91 Å². The van der Waals surface area contributed by atoms with E-state index in [-0.39, 0.29) is 6.54 Å². The number of aromatic hydroxyl groups is 1. The van der Waals surface area contributed by atoms with E-state index in [1.807, 2.05) is 0 Å². The smallest absolute Gasteiger partial charge is 0.326 e. The van der Waals surface area contributed by atoms with Crippen LogP contribution in [0.25, 0.3) is 0 Å². The monoisotopic (exact) mass is 367 g/mol. The van der Waals surface area contributed by atoms with Gasteiger partial charge in [0.1, 0.15) is 30.1 Å². The molecule has 0 bridgehead atoms. The summed E-state index contributed by atoms with van der Waals surface area (Å²) in [5.74, 6) is -1.83. The van der Waals surface area contributed by atoms with Crippen LogP contribution in [0.1, 0.15) is 11.3 Å². The minimum atomic E-state index is -4.21. The summed E-state index contributed by atoms with van der Waals surface area (Å²) < 4.78 is 40.2. The first-order chi connectivity index (χ1) is 11.8. The third-order valence-electron chi connectivity index (χ3n) is 3.45. The zero-order valence-corrected chi connectivity index (χ0v) is 13.8. The fourth-order valence-corrected chi connectivity index (χ4v) is 3.55. The fraction of sp³-hybridized carbons (Fsp3) is 0.214. The highest BCUT2D eigenvalue weighted by Gasteiger charge is 2.37. The molecule has 25 heavy (non-hydrogen) atoms. The van der Waals surface area contributed by atoms with E-state index in [4.69, 9.17) is 0 Å². The Bertz CT molecular complexity index is 927. The van der Waals surface area contributed by atoms with E-state index in [2.05, 4.69) is 15.3 Å². The number of phenols is 1. The lowest BCUT2D eigenvalue weighted by atomic mass is 10.1. The van der Waals surface area contributed by atoms with E-state index < -0.39 is 39.9 Å². The van der Waals surface area contributed by atoms with Gasteiger partial charge in [-0.15, -0.1) is 0 Å². The summed E-state index contributed by atoms with van der Waals surface area (Å²) in [5.41, 5.74) is 0.546. The number of hydrogen-bond acceptors (Lipinski definition) is 7. The molecule has 0 spiro atoms. The summed E-state index contributed by atoms with van der Waals surface area (Å²) in [4.78, 5) is 19.2. The van der Waals surface area contributed by atoms with Crippen LogP contribution in [0.5, 0.6) is 5.75 Å². The SMILES string of the molecule is Cc1cc(NCc2cc(O)c(N3CC(=O)NS3(=O)=O)c(F)c2)ncn1. The summed E-state index contributed by atoms with van der Waals surface area (Å²) in [6, 6.07) is 3.99. The molecule has 1 aliphatic rings. The lowest BCUT2D eigenvalue weighted by molar-refractivity contribution is -0.117. The van der Waals surface area contributed by atoms with Crippen molar-refractivity contribution in [3.63, 3.8) is 0 Å². The maximum atomic E-state index is 14.4. The van der Waals surface area contributed by atoms with Gasteiger partial charge in [0.05, 0.1) is 0 Å². The van der Waals surface area contributed by atoms with Crippen LogP contribution >= 0.6 is 0 Å². The van der Waals surface area contributed by atoms with E-state index >= 15 is 0 Å². The Labute approximate surface area is 142 Å². The van der Waals surface area contributed by atoms with Gasteiger partial charge in [0.15, 0.2) is 5.82 Å². The van der Waals surface area contributed by atoms with Crippen molar-refractivity contribution in [3.05, 3.63) is 41.6 Å². The number of carbonyl (C=O) groups excluding carboxylic acids is 1. The molecule has 3 N–H and O–H groups in total. The summed E-state index contributed by atoms with van der Waals surface area (Å²) in [6.07, 6.45) is 1.38. The Hall–Kier alpha value is -2.95. The number of phenolic OH excluding ortho intramolecular Hbond substituents is 1. The molecule has 11 heteroatoms. The predicted molar refractivity (Wildman–Crippen MR) is 86.6 cm³/mol. The standard InChI is InChI=1S/C14H14FN5O4S/c1-8-2-12(18-7-17-8)16-5-9-3-10(15)14(11(21)4-9)20-6-13(22)19-25(20,23)24/h2-4,7,21H,5-6H2,1H3,(H,19,22)(H,16,17,18). The highest BCUT2D eigenvalue weighted by molar-refractivity contribution is 7.92. The molecule has 2 aromatic rings. The van der Waals surface area contributed by atoms with Gasteiger partial charge >= 0.3 is 10.2 Å². The fourth-order valence-electron chi connectivity index (χ4n) is 2.38. The molecule has 0 atom stereocenters. The average Bonchev–Trinajstić information content (AvgIpc) is 2.77. The van der Waals surface area contributed by atoms with Gasteiger partial charge in [-0.2, -0.15) is 8.42 Å². The Balaban J connectivity index is 1.84. The van der Waals surface area contributed by atoms with E-state index in [9.17, 15) is 22.7 Å². The molecule has 2 heterocycles. The molecule has 1 saturated heterocycles. The van der Waals surface area contributed by atoms with Gasteiger partial charge in [0, 0.05) is 18.3 Å². The van der Waals surface area contributed by atoms with Gasteiger partial charge < -0.3 is 10.4 Å². The molecule has 3 rings (SSSR count). The lowest BCUT2D eigenvalue weighted by Crippen LogP contribution is -2.30. The third kappa shape index (κ3) is 3.45. The largest absolute Gasteiger partial charge is 0.506 e. The van der Waals surface area contributed by atoms with Crippen LogP contribution in [0.3, 0.4) is 0 Å². The maximum Gasteiger partial charge on any atom is 0.326 e. The van der Waals surface area contributed by atoms with Gasteiger partial charge in [0.2, 0.25) is 0 Å². The van der Waals surface area contributed by atoms with Crippen molar-refractivity contribution >= 4 is 27.6 Å². The van der Waals surface area contributed by atoms with Crippen LogP contribution < -0.4 is 14.3 Å². The molecule has 0 unspecified atom stereocenters. The van der Waals surface area contributed by atoms with Crippen molar-refractivity contribution in [2.45, 2.75) is 13.5 Å². The third-order valence-corrected chi connectivity index (χ3v) is 4.83. The number of hydrogen-bond donors (Lipinski definition) is 3. The van der Waals surface area contributed by atoms with E-state index in [0.29, 0.717) is 15.7 Å². The van der Waals surface area contributed by atoms with Crippen molar-refractivity contribution in [1.29, 1.82) is 0 Å². The van der Waals surface area contributed by atoms with Crippen LogP contribution in [-0.2, 0) is 21.5 Å². The van der Waals surface area contributed by atoms with E-state index in [1.54, 1.807) is 17.7 Å². The minimum Gasteiger partial charge on any atom is -0.506 e. The molecule has 0 aliphatic carbocycles. The molecule has 132 valence electrons. The Morgan fingerprint density at radius 3 is 2.72 bits per heavy atom. The normalized spacial score (nSPS) is 15.9. The van der Waals surface area contributed by atoms with Crippen LogP contribution in [0.2, 0.25) is 0 Å². The van der Waals surface area contributed by atoms with E-state index in [0.717, 1.165) is 11.8 Å². The highest BCUT2D eigenvalue weighted by atomic mass is 32.2. The Morgan fingerprint density at radius 1 is 1.36 bits per heavy atom. The first-order valence-electron chi connectivity index (χ1n) is 7.13. The second kappa shape index (κ2) is 6.16. The van der Waals surface area contributed by atoms with Gasteiger partial charge in [-0.25, -0.2) is 23.4 Å². The molecule has 1 aromatic carbocycles. The molecule has 1 aliphatic heterocycles. The number of aromatic nitrogens is 2. The maximum absolute atomic E-state index is 14.4. The Kier molecular flexibility index (Phi) is 4.17. The first kappa shape index (κ1) is 16.9. The number of halogens is 1. The molecule has 1 amide bonds. The molecular formula is C14H14FN5O4S. The molecule has 0 saturated carbocycles. The van der Waals surface area contributed by atoms with Crippen LogP contribution in [0, 0.1) is 12.7 Å². The van der Waals surface area contributed by atoms with E-state index in [1.165, 1.54) is 12.4 Å². The van der Waals surface area contributed by atoms with Gasteiger partial charge in [-0.1, -0.05) is 0 Å². The number of rotatable bonds is 4. The zero-order valence-electron chi connectivity index (χ0n) is 13.0. The van der Waals surface area contributed by atoms with Crippen molar-refractivity contribution in [2.24, 2.45) is 0 Å². The van der Waals surface area contributed by atoms with Crippen LogP contribution in [0.4, 0.5) is 15.9 Å². The van der Waals surface area contributed by atoms with Crippen molar-refractivity contribution in [2.75, 3.05) is 16.2 Å². The molecular weight excluding hydrogens is 353 g/mol. The number of amides is 1. The summed E-state index contributed by atoms with van der Waals surface area (Å²) in [5, 5.41) is 13.0. The predicted octanol–water partition coefficient (Wildman–Crippen LogP) is 0.423. The molecule has 9 nitrogen and oxygen atoms in total.